The number of carboxylic acids is 1. The van der Waals surface area contributed by atoms with Gasteiger partial charge in [0.25, 0.3) is 0 Å². The fourth-order valence-electron chi connectivity index (χ4n) is 1.72. The third-order valence-corrected chi connectivity index (χ3v) is 3.54. The standard InChI is InChI=1S/C11H4N2O4S/c14-7-4-2-1-3-12-5(4)8(15)6-9(7)18-10(13-6)11(16)17/h1-3H,(H,16,17). The van der Waals surface area contributed by atoms with E-state index in [9.17, 15) is 14.4 Å². The van der Waals surface area contributed by atoms with Crippen LogP contribution in [0.5, 0.6) is 0 Å². The molecule has 0 aliphatic heterocycles. The summed E-state index contributed by atoms with van der Waals surface area (Å²) in [5.74, 6) is -2.17. The van der Waals surface area contributed by atoms with Crippen molar-refractivity contribution in [3.63, 3.8) is 0 Å². The largest absolute Gasteiger partial charge is 0.476 e. The van der Waals surface area contributed by atoms with Crippen molar-refractivity contribution in [2.24, 2.45) is 0 Å². The second-order valence-corrected chi connectivity index (χ2v) is 4.56. The molecule has 0 saturated heterocycles. The number of thiazole rings is 1. The smallest absolute Gasteiger partial charge is 0.365 e. The highest BCUT2D eigenvalue weighted by molar-refractivity contribution is 7.16. The number of aromatic carboxylic acids is 1. The van der Waals surface area contributed by atoms with Gasteiger partial charge >= 0.3 is 5.97 Å². The van der Waals surface area contributed by atoms with E-state index in [2.05, 4.69) is 9.97 Å². The average molecular weight is 260 g/mol. The molecule has 2 aromatic heterocycles. The Hall–Kier alpha value is -2.41. The van der Waals surface area contributed by atoms with Crippen LogP contribution in [-0.2, 0) is 0 Å². The van der Waals surface area contributed by atoms with Gasteiger partial charge in [-0.25, -0.2) is 9.78 Å². The van der Waals surface area contributed by atoms with Gasteiger partial charge in [0.05, 0.1) is 5.56 Å². The quantitative estimate of drug-likeness (QED) is 0.701. The maximum absolute atomic E-state index is 12.1. The summed E-state index contributed by atoms with van der Waals surface area (Å²) in [6, 6.07) is 3.04. The molecule has 2 heterocycles. The van der Waals surface area contributed by atoms with E-state index < -0.39 is 17.5 Å². The van der Waals surface area contributed by atoms with Crippen LogP contribution in [0.25, 0.3) is 0 Å². The van der Waals surface area contributed by atoms with Gasteiger partial charge in [-0.3, -0.25) is 14.6 Å². The highest BCUT2D eigenvalue weighted by atomic mass is 32.1. The number of nitrogens with zero attached hydrogens (tertiary/aromatic N) is 2. The van der Waals surface area contributed by atoms with Crippen LogP contribution >= 0.6 is 11.3 Å². The molecule has 2 aromatic rings. The Morgan fingerprint density at radius 1 is 1.22 bits per heavy atom. The minimum atomic E-state index is -1.26. The molecule has 0 atom stereocenters. The van der Waals surface area contributed by atoms with E-state index >= 15 is 0 Å². The lowest BCUT2D eigenvalue weighted by atomic mass is 9.96. The predicted octanol–water partition coefficient (Wildman–Crippen LogP) is 1.01. The monoisotopic (exact) mass is 260 g/mol. The van der Waals surface area contributed by atoms with Crippen molar-refractivity contribution >= 4 is 28.9 Å². The van der Waals surface area contributed by atoms with Crippen molar-refractivity contribution in [3.05, 3.63) is 45.2 Å². The van der Waals surface area contributed by atoms with Gasteiger partial charge in [0.15, 0.2) is 0 Å². The second-order valence-electron chi connectivity index (χ2n) is 3.56. The summed E-state index contributed by atoms with van der Waals surface area (Å²) in [4.78, 5) is 42.5. The van der Waals surface area contributed by atoms with Crippen LogP contribution in [0.2, 0.25) is 0 Å². The van der Waals surface area contributed by atoms with Crippen LogP contribution < -0.4 is 0 Å². The van der Waals surface area contributed by atoms with Crippen molar-refractivity contribution in [2.75, 3.05) is 0 Å². The summed E-state index contributed by atoms with van der Waals surface area (Å²) in [7, 11) is 0. The number of pyridine rings is 1. The fourth-order valence-corrected chi connectivity index (χ4v) is 2.58. The number of carbonyl (C=O) groups excluding carboxylic acids is 2. The fraction of sp³-hybridized carbons (Fsp3) is 0. The average Bonchev–Trinajstić information content (AvgIpc) is 2.81. The number of hydrogen-bond donors (Lipinski definition) is 1. The maximum atomic E-state index is 12.1. The predicted molar refractivity (Wildman–Crippen MR) is 60.2 cm³/mol. The molecule has 6 nitrogen and oxygen atoms in total. The molecule has 0 aromatic carbocycles. The zero-order chi connectivity index (χ0) is 12.9. The topological polar surface area (TPSA) is 97.2 Å². The molecular formula is C11H4N2O4S. The lowest BCUT2D eigenvalue weighted by Gasteiger charge is -2.10. The number of carboxylic acid groups (broad SMARTS) is 1. The molecule has 0 spiro atoms. The lowest BCUT2D eigenvalue weighted by Crippen LogP contribution is -2.20. The molecule has 0 bridgehead atoms. The maximum Gasteiger partial charge on any atom is 0.365 e. The summed E-state index contributed by atoms with van der Waals surface area (Å²) < 4.78 is 0. The van der Waals surface area contributed by atoms with E-state index in [1.807, 2.05) is 0 Å². The SMILES string of the molecule is O=C(O)c1nc2c(s1)C(=O)c1cccnc1C2=O. The van der Waals surface area contributed by atoms with Crippen LogP contribution in [-0.4, -0.2) is 32.6 Å². The van der Waals surface area contributed by atoms with Crippen LogP contribution in [0.15, 0.2) is 18.3 Å². The Morgan fingerprint density at radius 2 is 2.00 bits per heavy atom. The number of ketones is 2. The van der Waals surface area contributed by atoms with E-state index in [-0.39, 0.29) is 26.8 Å². The number of aromatic nitrogens is 2. The summed E-state index contributed by atoms with van der Waals surface area (Å²) in [6.45, 7) is 0. The Bertz CT molecular complexity index is 667. The molecule has 0 unspecified atom stereocenters. The lowest BCUT2D eigenvalue weighted by molar-refractivity contribution is 0.0696. The molecule has 1 aliphatic rings. The number of hydrogen-bond acceptors (Lipinski definition) is 6. The van der Waals surface area contributed by atoms with Gasteiger partial charge in [0.2, 0.25) is 16.6 Å². The molecule has 0 amide bonds. The summed E-state index contributed by atoms with van der Waals surface area (Å²) in [5, 5.41) is 8.56. The normalized spacial score (nSPS) is 13.1. The van der Waals surface area contributed by atoms with Gasteiger partial charge in [-0.2, -0.15) is 0 Å². The van der Waals surface area contributed by atoms with Crippen LogP contribution in [0.1, 0.15) is 41.2 Å². The van der Waals surface area contributed by atoms with E-state index in [1.165, 1.54) is 12.3 Å². The summed E-state index contributed by atoms with van der Waals surface area (Å²) in [6.07, 6.45) is 1.40. The van der Waals surface area contributed by atoms with Gasteiger partial charge in [-0.15, -0.1) is 11.3 Å². The third kappa shape index (κ3) is 1.31. The molecule has 0 radical (unpaired) electrons. The molecular weight excluding hydrogens is 256 g/mol. The van der Waals surface area contributed by atoms with E-state index in [4.69, 9.17) is 5.11 Å². The van der Waals surface area contributed by atoms with Gasteiger partial charge in [-0.1, -0.05) is 0 Å². The van der Waals surface area contributed by atoms with Crippen LogP contribution in [0, 0.1) is 0 Å². The Kier molecular flexibility index (Phi) is 2.11. The Balaban J connectivity index is 2.27. The zero-order valence-electron chi connectivity index (χ0n) is 8.71. The first-order valence-corrected chi connectivity index (χ1v) is 5.70. The zero-order valence-corrected chi connectivity index (χ0v) is 9.52. The Morgan fingerprint density at radius 3 is 2.72 bits per heavy atom. The van der Waals surface area contributed by atoms with Crippen molar-refractivity contribution in [1.82, 2.24) is 9.97 Å². The van der Waals surface area contributed by atoms with E-state index in [0.29, 0.717) is 11.3 Å². The molecule has 0 fully saturated rings. The summed E-state index contributed by atoms with van der Waals surface area (Å²) >= 11 is 0.710. The van der Waals surface area contributed by atoms with Crippen molar-refractivity contribution in [2.45, 2.75) is 0 Å². The van der Waals surface area contributed by atoms with Gasteiger partial charge in [0.1, 0.15) is 16.3 Å². The van der Waals surface area contributed by atoms with Gasteiger partial charge in [0, 0.05) is 6.20 Å². The first-order chi connectivity index (χ1) is 8.59. The second kappa shape index (κ2) is 3.54. The molecule has 1 N–H and O–H groups in total. The molecule has 3 rings (SSSR count). The Labute approximate surface area is 104 Å². The van der Waals surface area contributed by atoms with Gasteiger partial charge < -0.3 is 5.11 Å². The molecule has 88 valence electrons. The van der Waals surface area contributed by atoms with Gasteiger partial charge in [-0.05, 0) is 12.1 Å². The number of rotatable bonds is 1. The molecule has 0 saturated carbocycles. The third-order valence-electron chi connectivity index (χ3n) is 2.50. The van der Waals surface area contributed by atoms with Crippen LogP contribution in [0.4, 0.5) is 0 Å². The van der Waals surface area contributed by atoms with Crippen molar-refractivity contribution in [3.8, 4) is 0 Å². The highest BCUT2D eigenvalue weighted by Crippen LogP contribution is 2.29. The van der Waals surface area contributed by atoms with Crippen LogP contribution in [0.3, 0.4) is 0 Å². The first-order valence-electron chi connectivity index (χ1n) is 4.88. The number of carbonyl (C=O) groups is 3. The van der Waals surface area contributed by atoms with E-state index in [0.717, 1.165) is 0 Å². The minimum absolute atomic E-state index is 0.0252. The molecule has 18 heavy (non-hydrogen) atoms. The van der Waals surface area contributed by atoms with Crippen molar-refractivity contribution < 1.29 is 19.5 Å². The first kappa shape index (κ1) is 10.7. The molecule has 7 heteroatoms. The minimum Gasteiger partial charge on any atom is -0.476 e. The van der Waals surface area contributed by atoms with Crippen molar-refractivity contribution in [1.29, 1.82) is 0 Å². The summed E-state index contributed by atoms with van der Waals surface area (Å²) in [5.41, 5.74) is 0.0985. The van der Waals surface area contributed by atoms with E-state index in [1.54, 1.807) is 6.07 Å². The number of fused-ring (bicyclic) bond motifs is 2. The molecule has 1 aliphatic carbocycles. The highest BCUT2D eigenvalue weighted by Gasteiger charge is 2.35.